The summed E-state index contributed by atoms with van der Waals surface area (Å²) >= 11 is 18.0. The number of rotatable bonds is 3. The molecule has 1 heterocycles. The predicted octanol–water partition coefficient (Wildman–Crippen LogP) is 4.21. The molecule has 0 bridgehead atoms. The molecular formula is C13H10Cl3NO2. The third-order valence-electron chi connectivity index (χ3n) is 2.64. The van der Waals surface area contributed by atoms with Crippen molar-refractivity contribution in [1.29, 1.82) is 0 Å². The van der Waals surface area contributed by atoms with Gasteiger partial charge in [0.25, 0.3) is 0 Å². The molecule has 19 heavy (non-hydrogen) atoms. The number of aliphatic hydroxyl groups is 1. The first-order valence-corrected chi connectivity index (χ1v) is 6.49. The SMILES string of the molecule is COc1cc(CO)c(-c2cc(Cl)c(Cl)cc2Cl)cn1. The summed E-state index contributed by atoms with van der Waals surface area (Å²) in [5, 5.41) is 10.6. The minimum Gasteiger partial charge on any atom is -0.481 e. The van der Waals surface area contributed by atoms with Crippen molar-refractivity contribution in [2.45, 2.75) is 6.61 Å². The second kappa shape index (κ2) is 5.97. The number of halogens is 3. The Hall–Kier alpha value is -1.00. The number of hydrogen-bond acceptors (Lipinski definition) is 3. The smallest absolute Gasteiger partial charge is 0.213 e. The van der Waals surface area contributed by atoms with Crippen LogP contribution < -0.4 is 4.74 Å². The molecule has 1 N–H and O–H groups in total. The summed E-state index contributed by atoms with van der Waals surface area (Å²) in [5.41, 5.74) is 1.99. The van der Waals surface area contributed by atoms with Crippen molar-refractivity contribution in [3.63, 3.8) is 0 Å². The molecule has 0 aliphatic rings. The van der Waals surface area contributed by atoms with Gasteiger partial charge in [-0.3, -0.25) is 0 Å². The summed E-state index contributed by atoms with van der Waals surface area (Å²) in [6.07, 6.45) is 1.58. The monoisotopic (exact) mass is 317 g/mol. The van der Waals surface area contributed by atoms with Crippen molar-refractivity contribution in [3.05, 3.63) is 45.0 Å². The standard InChI is InChI=1S/C13H10Cl3NO2/c1-19-13-2-7(6-18)9(5-17-13)8-3-11(15)12(16)4-10(8)14/h2-5,18H,6H2,1H3. The number of aromatic nitrogens is 1. The van der Waals surface area contributed by atoms with Gasteiger partial charge in [-0.05, 0) is 17.7 Å². The van der Waals surface area contributed by atoms with Crippen LogP contribution in [0.15, 0.2) is 24.4 Å². The summed E-state index contributed by atoms with van der Waals surface area (Å²) in [6.45, 7) is -0.162. The first kappa shape index (κ1) is 14.4. The summed E-state index contributed by atoms with van der Waals surface area (Å²) in [7, 11) is 1.51. The zero-order valence-electron chi connectivity index (χ0n) is 9.95. The number of pyridine rings is 1. The Bertz CT molecular complexity index is 617. The fourth-order valence-corrected chi connectivity index (χ4v) is 2.34. The third kappa shape index (κ3) is 2.95. The molecule has 0 fully saturated rings. The van der Waals surface area contributed by atoms with Crippen LogP contribution in [0.3, 0.4) is 0 Å². The molecular weight excluding hydrogens is 309 g/mol. The Kier molecular flexibility index (Phi) is 4.53. The maximum Gasteiger partial charge on any atom is 0.213 e. The van der Waals surface area contributed by atoms with Gasteiger partial charge >= 0.3 is 0 Å². The highest BCUT2D eigenvalue weighted by Gasteiger charge is 2.13. The lowest BCUT2D eigenvalue weighted by Gasteiger charge is -2.11. The average molecular weight is 319 g/mol. The van der Waals surface area contributed by atoms with E-state index in [1.54, 1.807) is 24.4 Å². The number of aliphatic hydroxyl groups excluding tert-OH is 1. The lowest BCUT2D eigenvalue weighted by molar-refractivity contribution is 0.281. The van der Waals surface area contributed by atoms with E-state index < -0.39 is 0 Å². The Labute approximate surface area is 125 Å². The first-order valence-electron chi connectivity index (χ1n) is 5.35. The molecule has 0 spiro atoms. The van der Waals surface area contributed by atoms with Crippen molar-refractivity contribution in [1.82, 2.24) is 4.98 Å². The maximum absolute atomic E-state index is 9.43. The van der Waals surface area contributed by atoms with Crippen molar-refractivity contribution >= 4 is 34.8 Å². The Balaban J connectivity index is 2.61. The highest BCUT2D eigenvalue weighted by Crippen LogP contribution is 2.37. The molecule has 1 aromatic carbocycles. The van der Waals surface area contributed by atoms with Crippen LogP contribution in [-0.2, 0) is 6.61 Å². The molecule has 0 saturated carbocycles. The number of hydrogen-bond donors (Lipinski definition) is 1. The van der Waals surface area contributed by atoms with E-state index >= 15 is 0 Å². The highest BCUT2D eigenvalue weighted by molar-refractivity contribution is 6.44. The first-order chi connectivity index (χ1) is 9.06. The second-order valence-electron chi connectivity index (χ2n) is 3.79. The molecule has 0 aliphatic heterocycles. The third-order valence-corrected chi connectivity index (χ3v) is 3.68. The number of nitrogens with zero attached hydrogens (tertiary/aromatic N) is 1. The number of benzene rings is 1. The Morgan fingerprint density at radius 1 is 1.05 bits per heavy atom. The van der Waals surface area contributed by atoms with E-state index in [1.165, 1.54) is 7.11 Å². The Morgan fingerprint density at radius 2 is 1.74 bits per heavy atom. The minimum atomic E-state index is -0.162. The van der Waals surface area contributed by atoms with E-state index in [0.29, 0.717) is 37.6 Å². The minimum absolute atomic E-state index is 0.162. The second-order valence-corrected chi connectivity index (χ2v) is 5.01. The van der Waals surface area contributed by atoms with Gasteiger partial charge in [0.15, 0.2) is 0 Å². The highest BCUT2D eigenvalue weighted by atomic mass is 35.5. The fourth-order valence-electron chi connectivity index (χ4n) is 1.69. The summed E-state index contributed by atoms with van der Waals surface area (Å²) < 4.78 is 5.02. The molecule has 0 aliphatic carbocycles. The molecule has 3 nitrogen and oxygen atoms in total. The van der Waals surface area contributed by atoms with Crippen molar-refractivity contribution in [2.75, 3.05) is 7.11 Å². The van der Waals surface area contributed by atoms with Gasteiger partial charge in [-0.15, -0.1) is 0 Å². The van der Waals surface area contributed by atoms with Crippen LogP contribution in [0, 0.1) is 0 Å². The van der Waals surface area contributed by atoms with Gasteiger partial charge in [0.05, 0.1) is 28.8 Å². The van der Waals surface area contributed by atoms with Crippen LogP contribution in [0.4, 0.5) is 0 Å². The molecule has 0 atom stereocenters. The molecule has 6 heteroatoms. The number of ether oxygens (including phenoxy) is 1. The van der Waals surface area contributed by atoms with Crippen LogP contribution >= 0.6 is 34.8 Å². The zero-order chi connectivity index (χ0) is 14.0. The van der Waals surface area contributed by atoms with E-state index in [1.807, 2.05) is 0 Å². The van der Waals surface area contributed by atoms with Gasteiger partial charge in [0.2, 0.25) is 5.88 Å². The fraction of sp³-hybridized carbons (Fsp3) is 0.154. The van der Waals surface area contributed by atoms with Crippen molar-refractivity contribution in [2.24, 2.45) is 0 Å². The molecule has 0 radical (unpaired) electrons. The quantitative estimate of drug-likeness (QED) is 0.862. The van der Waals surface area contributed by atoms with E-state index in [4.69, 9.17) is 39.5 Å². The zero-order valence-corrected chi connectivity index (χ0v) is 12.2. The molecule has 0 unspecified atom stereocenters. The van der Waals surface area contributed by atoms with Crippen LogP contribution in [-0.4, -0.2) is 17.2 Å². The van der Waals surface area contributed by atoms with Gasteiger partial charge in [0, 0.05) is 23.4 Å². The molecule has 2 rings (SSSR count). The molecule has 0 amide bonds. The molecule has 1 aromatic heterocycles. The lowest BCUT2D eigenvalue weighted by Crippen LogP contribution is -1.95. The van der Waals surface area contributed by atoms with Crippen LogP contribution in [0.25, 0.3) is 11.1 Å². The van der Waals surface area contributed by atoms with Crippen molar-refractivity contribution < 1.29 is 9.84 Å². The largest absolute Gasteiger partial charge is 0.481 e. The van der Waals surface area contributed by atoms with Crippen LogP contribution in [0.1, 0.15) is 5.56 Å². The van der Waals surface area contributed by atoms with Crippen LogP contribution in [0.2, 0.25) is 15.1 Å². The summed E-state index contributed by atoms with van der Waals surface area (Å²) in [6, 6.07) is 4.86. The number of methoxy groups -OCH3 is 1. The molecule has 100 valence electrons. The van der Waals surface area contributed by atoms with Gasteiger partial charge < -0.3 is 9.84 Å². The maximum atomic E-state index is 9.43. The lowest BCUT2D eigenvalue weighted by atomic mass is 10.0. The normalized spacial score (nSPS) is 10.6. The van der Waals surface area contributed by atoms with E-state index in [9.17, 15) is 5.11 Å². The van der Waals surface area contributed by atoms with Crippen LogP contribution in [0.5, 0.6) is 5.88 Å². The van der Waals surface area contributed by atoms with E-state index in [-0.39, 0.29) is 6.61 Å². The molecule has 2 aromatic rings. The van der Waals surface area contributed by atoms with E-state index in [0.717, 1.165) is 0 Å². The van der Waals surface area contributed by atoms with Crippen molar-refractivity contribution in [3.8, 4) is 17.0 Å². The van der Waals surface area contributed by atoms with Gasteiger partial charge in [-0.2, -0.15) is 0 Å². The van der Waals surface area contributed by atoms with Gasteiger partial charge in [0.1, 0.15) is 0 Å². The van der Waals surface area contributed by atoms with Gasteiger partial charge in [-0.1, -0.05) is 34.8 Å². The average Bonchev–Trinajstić information content (AvgIpc) is 2.42. The Morgan fingerprint density at radius 3 is 2.37 bits per heavy atom. The molecule has 0 saturated heterocycles. The van der Waals surface area contributed by atoms with E-state index in [2.05, 4.69) is 4.98 Å². The van der Waals surface area contributed by atoms with Gasteiger partial charge in [-0.25, -0.2) is 4.98 Å². The topological polar surface area (TPSA) is 42.4 Å². The summed E-state index contributed by atoms with van der Waals surface area (Å²) in [4.78, 5) is 4.11. The summed E-state index contributed by atoms with van der Waals surface area (Å²) in [5.74, 6) is 0.420. The predicted molar refractivity (Wildman–Crippen MR) is 77.2 cm³/mol.